The lowest BCUT2D eigenvalue weighted by molar-refractivity contribution is -0.141. The lowest BCUT2D eigenvalue weighted by Crippen LogP contribution is -2.42. The van der Waals surface area contributed by atoms with E-state index in [0.717, 1.165) is 12.8 Å². The number of ether oxygens (including phenoxy) is 1. The van der Waals surface area contributed by atoms with Crippen LogP contribution in [-0.4, -0.2) is 55.9 Å². The van der Waals surface area contributed by atoms with Crippen LogP contribution in [0.3, 0.4) is 0 Å². The minimum Gasteiger partial charge on any atom is -0.481 e. The molecule has 0 aromatic carbocycles. The van der Waals surface area contributed by atoms with Crippen LogP contribution in [0.25, 0.3) is 0 Å². The fourth-order valence-electron chi connectivity index (χ4n) is 2.87. The van der Waals surface area contributed by atoms with Gasteiger partial charge in [0.2, 0.25) is 10.0 Å². The second-order valence-electron chi connectivity index (χ2n) is 6.73. The van der Waals surface area contributed by atoms with Gasteiger partial charge in [-0.05, 0) is 38.0 Å². The van der Waals surface area contributed by atoms with Crippen LogP contribution in [0, 0.1) is 29.6 Å². The van der Waals surface area contributed by atoms with Crippen molar-refractivity contribution in [3.05, 3.63) is 0 Å². The zero-order valence-electron chi connectivity index (χ0n) is 14.8. The summed E-state index contributed by atoms with van der Waals surface area (Å²) in [5.74, 6) is 3.89. The van der Waals surface area contributed by atoms with Crippen LogP contribution in [0.2, 0.25) is 0 Å². The molecule has 1 atom stereocenters. The Kier molecular flexibility index (Phi) is 8.74. The maximum atomic E-state index is 12.5. The van der Waals surface area contributed by atoms with Gasteiger partial charge in [-0.3, -0.25) is 4.79 Å². The van der Waals surface area contributed by atoms with E-state index in [4.69, 9.17) is 4.74 Å². The standard InChI is InChI=1S/C17H29NO5S/c1-4-5-10-23-12-15-6-8-18(9-7-15)24(21,22)13-16(17(19)20)11-14(2)3/h14-16H,6-13H2,1-3H3,(H,19,20). The number of rotatable bonds is 9. The SMILES string of the molecule is CC#CCOCC1CCN(S(=O)(=O)CC(CC(C)C)C(=O)O)CC1. The molecule has 1 aliphatic rings. The normalized spacial score (nSPS) is 18.2. The number of hydrogen-bond donors (Lipinski definition) is 1. The van der Waals surface area contributed by atoms with Gasteiger partial charge < -0.3 is 9.84 Å². The van der Waals surface area contributed by atoms with Crippen molar-refractivity contribution in [2.75, 3.05) is 32.1 Å². The Balaban J connectivity index is 2.51. The fraction of sp³-hybridized carbons (Fsp3) is 0.824. The van der Waals surface area contributed by atoms with Crippen LogP contribution in [0.1, 0.15) is 40.0 Å². The van der Waals surface area contributed by atoms with E-state index in [9.17, 15) is 18.3 Å². The van der Waals surface area contributed by atoms with Crippen LogP contribution in [0.5, 0.6) is 0 Å². The van der Waals surface area contributed by atoms with Crippen molar-refractivity contribution in [1.29, 1.82) is 0 Å². The minimum atomic E-state index is -3.54. The van der Waals surface area contributed by atoms with Crippen molar-refractivity contribution < 1.29 is 23.1 Å². The third kappa shape index (κ3) is 7.20. The predicted octanol–water partition coefficient (Wildman–Crippen LogP) is 1.81. The first-order valence-electron chi connectivity index (χ1n) is 8.44. The summed E-state index contributed by atoms with van der Waals surface area (Å²) in [7, 11) is -3.54. The van der Waals surface area contributed by atoms with Crippen molar-refractivity contribution in [3.8, 4) is 11.8 Å². The first kappa shape index (κ1) is 20.9. The molecule has 0 spiro atoms. The summed E-state index contributed by atoms with van der Waals surface area (Å²) >= 11 is 0. The summed E-state index contributed by atoms with van der Waals surface area (Å²) < 4.78 is 31.9. The topological polar surface area (TPSA) is 83.9 Å². The molecule has 1 unspecified atom stereocenters. The molecule has 1 fully saturated rings. The Hall–Kier alpha value is -1.10. The average Bonchev–Trinajstić information content (AvgIpc) is 2.50. The molecule has 7 heteroatoms. The van der Waals surface area contributed by atoms with E-state index in [1.807, 2.05) is 13.8 Å². The Bertz CT molecular complexity index is 553. The van der Waals surface area contributed by atoms with Crippen LogP contribution in [0.4, 0.5) is 0 Å². The summed E-state index contributed by atoms with van der Waals surface area (Å²) in [6.07, 6.45) is 1.85. The van der Waals surface area contributed by atoms with Gasteiger partial charge in [0.25, 0.3) is 0 Å². The molecular weight excluding hydrogens is 330 g/mol. The summed E-state index contributed by atoms with van der Waals surface area (Å²) in [6, 6.07) is 0. The van der Waals surface area contributed by atoms with E-state index in [1.165, 1.54) is 4.31 Å². The number of sulfonamides is 1. The lowest BCUT2D eigenvalue weighted by atomic mass is 9.99. The molecule has 0 saturated carbocycles. The first-order chi connectivity index (χ1) is 11.3. The molecule has 1 heterocycles. The van der Waals surface area contributed by atoms with Crippen molar-refractivity contribution in [2.24, 2.45) is 17.8 Å². The largest absolute Gasteiger partial charge is 0.481 e. The highest BCUT2D eigenvalue weighted by Gasteiger charge is 2.32. The van der Waals surface area contributed by atoms with Gasteiger partial charge in [-0.2, -0.15) is 0 Å². The number of carboxylic acid groups (broad SMARTS) is 1. The first-order valence-corrected chi connectivity index (χ1v) is 10.0. The number of hydrogen-bond acceptors (Lipinski definition) is 4. The molecule has 24 heavy (non-hydrogen) atoms. The summed E-state index contributed by atoms with van der Waals surface area (Å²) in [5, 5.41) is 9.26. The van der Waals surface area contributed by atoms with Crippen molar-refractivity contribution in [1.82, 2.24) is 4.31 Å². The predicted molar refractivity (Wildman–Crippen MR) is 92.9 cm³/mol. The Morgan fingerprint density at radius 3 is 2.46 bits per heavy atom. The Morgan fingerprint density at radius 2 is 1.96 bits per heavy atom. The molecule has 0 aromatic heterocycles. The Morgan fingerprint density at radius 1 is 1.33 bits per heavy atom. The second kappa shape index (κ2) is 10.0. The van der Waals surface area contributed by atoms with Gasteiger partial charge in [-0.15, -0.1) is 5.92 Å². The van der Waals surface area contributed by atoms with Crippen molar-refractivity contribution in [3.63, 3.8) is 0 Å². The van der Waals surface area contributed by atoms with Gasteiger partial charge in [0, 0.05) is 13.1 Å². The molecule has 1 N–H and O–H groups in total. The molecule has 138 valence electrons. The number of carbonyl (C=O) groups is 1. The highest BCUT2D eigenvalue weighted by Crippen LogP contribution is 2.23. The molecule has 0 aromatic rings. The molecule has 0 amide bonds. The molecule has 0 aliphatic carbocycles. The quantitative estimate of drug-likeness (QED) is 0.501. The van der Waals surface area contributed by atoms with E-state index in [2.05, 4.69) is 11.8 Å². The molecule has 1 aliphatic heterocycles. The monoisotopic (exact) mass is 359 g/mol. The van der Waals surface area contributed by atoms with E-state index in [-0.39, 0.29) is 11.7 Å². The van der Waals surface area contributed by atoms with Crippen molar-refractivity contribution >= 4 is 16.0 Å². The lowest BCUT2D eigenvalue weighted by Gasteiger charge is -2.31. The van der Waals surface area contributed by atoms with Gasteiger partial charge in [-0.25, -0.2) is 12.7 Å². The van der Waals surface area contributed by atoms with Crippen LogP contribution < -0.4 is 0 Å². The van der Waals surface area contributed by atoms with E-state index in [0.29, 0.717) is 38.6 Å². The number of aliphatic carboxylic acids is 1. The highest BCUT2D eigenvalue weighted by atomic mass is 32.2. The van der Waals surface area contributed by atoms with Gasteiger partial charge in [0.15, 0.2) is 0 Å². The Labute approximate surface area is 145 Å². The molecular formula is C17H29NO5S. The average molecular weight is 359 g/mol. The zero-order valence-corrected chi connectivity index (χ0v) is 15.6. The number of nitrogens with zero attached hydrogens (tertiary/aromatic N) is 1. The fourth-order valence-corrected chi connectivity index (χ4v) is 4.64. The summed E-state index contributed by atoms with van der Waals surface area (Å²) in [4.78, 5) is 11.3. The third-order valence-corrected chi connectivity index (χ3v) is 6.16. The van der Waals surface area contributed by atoms with E-state index < -0.39 is 21.9 Å². The number of piperidine rings is 1. The molecule has 1 rings (SSSR count). The van der Waals surface area contributed by atoms with Gasteiger partial charge in [0.1, 0.15) is 6.61 Å². The maximum absolute atomic E-state index is 12.5. The summed E-state index contributed by atoms with van der Waals surface area (Å²) in [5.41, 5.74) is 0. The van der Waals surface area contributed by atoms with E-state index in [1.54, 1.807) is 6.92 Å². The van der Waals surface area contributed by atoms with Gasteiger partial charge in [-0.1, -0.05) is 19.8 Å². The van der Waals surface area contributed by atoms with Gasteiger partial charge in [0.05, 0.1) is 18.3 Å². The maximum Gasteiger partial charge on any atom is 0.307 e. The molecule has 0 radical (unpaired) electrons. The van der Waals surface area contributed by atoms with Gasteiger partial charge >= 0.3 is 5.97 Å². The minimum absolute atomic E-state index is 0.149. The highest BCUT2D eigenvalue weighted by molar-refractivity contribution is 7.89. The summed E-state index contributed by atoms with van der Waals surface area (Å²) in [6.45, 7) is 7.43. The molecule has 0 bridgehead atoms. The van der Waals surface area contributed by atoms with Crippen LogP contribution in [-0.2, 0) is 19.6 Å². The molecule has 1 saturated heterocycles. The molecule has 6 nitrogen and oxygen atoms in total. The number of carboxylic acids is 1. The smallest absolute Gasteiger partial charge is 0.307 e. The second-order valence-corrected chi connectivity index (χ2v) is 8.74. The van der Waals surface area contributed by atoms with Crippen LogP contribution >= 0.6 is 0 Å². The van der Waals surface area contributed by atoms with E-state index >= 15 is 0 Å². The third-order valence-electron chi connectivity index (χ3n) is 4.19. The van der Waals surface area contributed by atoms with Crippen molar-refractivity contribution in [2.45, 2.75) is 40.0 Å². The van der Waals surface area contributed by atoms with Crippen LogP contribution in [0.15, 0.2) is 0 Å². The zero-order chi connectivity index (χ0) is 18.2.